The molecule has 2 atom stereocenters. The van der Waals surface area contributed by atoms with Crippen molar-refractivity contribution < 1.29 is 9.53 Å². The molecule has 1 amide bonds. The summed E-state index contributed by atoms with van der Waals surface area (Å²) in [6.45, 7) is 6.47. The van der Waals surface area contributed by atoms with Gasteiger partial charge in [0.05, 0.1) is 11.1 Å². The minimum absolute atomic E-state index is 0.119. The van der Waals surface area contributed by atoms with Gasteiger partial charge in [-0.25, -0.2) is 0 Å². The van der Waals surface area contributed by atoms with Gasteiger partial charge in [0.15, 0.2) is 0 Å². The van der Waals surface area contributed by atoms with E-state index in [9.17, 15) is 4.79 Å². The molecule has 2 N–H and O–H groups in total. The van der Waals surface area contributed by atoms with Crippen molar-refractivity contribution in [3.8, 4) is 0 Å². The Balaban J connectivity index is 1.84. The zero-order chi connectivity index (χ0) is 12.4. The molecule has 4 heteroatoms. The molecule has 98 valence electrons. The molecule has 0 bridgehead atoms. The SMILES string of the molecule is CC1(CNC(=O)C2(C)CCCCN2)CCCO1. The topological polar surface area (TPSA) is 50.4 Å². The van der Waals surface area contributed by atoms with Crippen LogP contribution in [0.2, 0.25) is 0 Å². The fourth-order valence-corrected chi connectivity index (χ4v) is 2.69. The Hall–Kier alpha value is -0.610. The van der Waals surface area contributed by atoms with Crippen LogP contribution in [0.5, 0.6) is 0 Å². The highest BCUT2D eigenvalue weighted by molar-refractivity contribution is 5.86. The fourth-order valence-electron chi connectivity index (χ4n) is 2.69. The first-order chi connectivity index (χ1) is 8.04. The van der Waals surface area contributed by atoms with Crippen LogP contribution in [-0.4, -0.2) is 36.7 Å². The highest BCUT2D eigenvalue weighted by atomic mass is 16.5. The number of piperidine rings is 1. The van der Waals surface area contributed by atoms with Crippen molar-refractivity contribution in [1.82, 2.24) is 10.6 Å². The predicted molar refractivity (Wildman–Crippen MR) is 66.9 cm³/mol. The van der Waals surface area contributed by atoms with Gasteiger partial charge in [-0.05, 0) is 52.5 Å². The Morgan fingerprint density at radius 1 is 1.29 bits per heavy atom. The normalized spacial score (nSPS) is 38.0. The summed E-state index contributed by atoms with van der Waals surface area (Å²) >= 11 is 0. The third-order valence-electron chi connectivity index (χ3n) is 4.04. The maximum absolute atomic E-state index is 12.2. The molecular formula is C13H24N2O2. The first-order valence-corrected chi connectivity index (χ1v) is 6.71. The van der Waals surface area contributed by atoms with Gasteiger partial charge in [0.2, 0.25) is 5.91 Å². The van der Waals surface area contributed by atoms with Crippen LogP contribution in [-0.2, 0) is 9.53 Å². The lowest BCUT2D eigenvalue weighted by atomic mass is 9.89. The molecule has 0 saturated carbocycles. The van der Waals surface area contributed by atoms with Crippen LogP contribution in [0.4, 0.5) is 0 Å². The van der Waals surface area contributed by atoms with Gasteiger partial charge in [-0.15, -0.1) is 0 Å². The minimum atomic E-state index is -0.382. The zero-order valence-electron chi connectivity index (χ0n) is 11.0. The fraction of sp³-hybridized carbons (Fsp3) is 0.923. The highest BCUT2D eigenvalue weighted by Gasteiger charge is 2.36. The van der Waals surface area contributed by atoms with E-state index in [1.165, 1.54) is 6.42 Å². The van der Waals surface area contributed by atoms with E-state index in [2.05, 4.69) is 17.6 Å². The van der Waals surface area contributed by atoms with Crippen molar-refractivity contribution >= 4 is 5.91 Å². The van der Waals surface area contributed by atoms with Gasteiger partial charge in [-0.3, -0.25) is 4.79 Å². The number of hydrogen-bond donors (Lipinski definition) is 2. The Kier molecular flexibility index (Phi) is 3.73. The quantitative estimate of drug-likeness (QED) is 0.779. The molecule has 0 aromatic rings. The number of ether oxygens (including phenoxy) is 1. The number of hydrogen-bond acceptors (Lipinski definition) is 3. The van der Waals surface area contributed by atoms with Crippen LogP contribution in [0.15, 0.2) is 0 Å². The maximum Gasteiger partial charge on any atom is 0.240 e. The second-order valence-corrected chi connectivity index (χ2v) is 5.80. The van der Waals surface area contributed by atoms with Crippen molar-refractivity contribution in [1.29, 1.82) is 0 Å². The van der Waals surface area contributed by atoms with Crippen molar-refractivity contribution in [2.24, 2.45) is 0 Å². The lowest BCUT2D eigenvalue weighted by Crippen LogP contribution is -2.58. The van der Waals surface area contributed by atoms with E-state index in [-0.39, 0.29) is 17.0 Å². The molecule has 2 aliphatic rings. The molecule has 2 unspecified atom stereocenters. The predicted octanol–water partition coefficient (Wildman–Crippen LogP) is 1.20. The molecule has 2 fully saturated rings. The monoisotopic (exact) mass is 240 g/mol. The van der Waals surface area contributed by atoms with E-state index < -0.39 is 0 Å². The van der Waals surface area contributed by atoms with Crippen molar-refractivity contribution in [3.63, 3.8) is 0 Å². The lowest BCUT2D eigenvalue weighted by Gasteiger charge is -2.34. The highest BCUT2D eigenvalue weighted by Crippen LogP contribution is 2.25. The summed E-state index contributed by atoms with van der Waals surface area (Å²) in [6, 6.07) is 0. The summed E-state index contributed by atoms with van der Waals surface area (Å²) in [4.78, 5) is 12.2. The van der Waals surface area contributed by atoms with Gasteiger partial charge in [0.1, 0.15) is 0 Å². The Bertz CT molecular complexity index is 279. The average Bonchev–Trinajstić information content (AvgIpc) is 2.75. The third-order valence-corrected chi connectivity index (χ3v) is 4.04. The first kappa shape index (κ1) is 12.8. The Labute approximate surface area is 103 Å². The average molecular weight is 240 g/mol. The van der Waals surface area contributed by atoms with Crippen LogP contribution >= 0.6 is 0 Å². The van der Waals surface area contributed by atoms with Crippen LogP contribution in [0.1, 0.15) is 46.0 Å². The molecule has 2 saturated heterocycles. The van der Waals surface area contributed by atoms with Gasteiger partial charge in [-0.2, -0.15) is 0 Å². The summed E-state index contributed by atoms with van der Waals surface area (Å²) in [5.41, 5.74) is -0.534. The van der Waals surface area contributed by atoms with Gasteiger partial charge >= 0.3 is 0 Å². The van der Waals surface area contributed by atoms with Crippen LogP contribution in [0.25, 0.3) is 0 Å². The Morgan fingerprint density at radius 2 is 2.12 bits per heavy atom. The summed E-state index contributed by atoms with van der Waals surface area (Å²) in [5, 5.41) is 6.38. The molecule has 2 rings (SSSR count). The van der Waals surface area contributed by atoms with Gasteiger partial charge < -0.3 is 15.4 Å². The summed E-state index contributed by atoms with van der Waals surface area (Å²) in [7, 11) is 0. The van der Waals surface area contributed by atoms with Gasteiger partial charge in [-0.1, -0.05) is 0 Å². The van der Waals surface area contributed by atoms with E-state index in [1.54, 1.807) is 0 Å². The molecule has 2 heterocycles. The van der Waals surface area contributed by atoms with E-state index in [0.29, 0.717) is 6.54 Å². The van der Waals surface area contributed by atoms with Crippen LogP contribution < -0.4 is 10.6 Å². The standard InChI is InChI=1S/C13H24N2O2/c1-12(6-5-9-17-12)10-14-11(16)13(2)7-3-4-8-15-13/h15H,3-10H2,1-2H3,(H,14,16). The molecule has 0 aliphatic carbocycles. The van der Waals surface area contributed by atoms with E-state index >= 15 is 0 Å². The number of rotatable bonds is 3. The second kappa shape index (κ2) is 4.94. The molecule has 0 spiro atoms. The van der Waals surface area contributed by atoms with Crippen LogP contribution in [0, 0.1) is 0 Å². The van der Waals surface area contributed by atoms with E-state index in [0.717, 1.165) is 38.8 Å². The van der Waals surface area contributed by atoms with Gasteiger partial charge in [0.25, 0.3) is 0 Å². The van der Waals surface area contributed by atoms with Crippen molar-refractivity contribution in [2.75, 3.05) is 19.7 Å². The number of carbonyl (C=O) groups excluding carboxylic acids is 1. The number of nitrogens with one attached hydrogen (secondary N) is 2. The molecular weight excluding hydrogens is 216 g/mol. The molecule has 4 nitrogen and oxygen atoms in total. The van der Waals surface area contributed by atoms with Crippen molar-refractivity contribution in [2.45, 2.75) is 57.1 Å². The third kappa shape index (κ3) is 2.99. The van der Waals surface area contributed by atoms with E-state index in [4.69, 9.17) is 4.74 Å². The molecule has 2 aliphatic heterocycles. The van der Waals surface area contributed by atoms with Crippen molar-refractivity contribution in [3.05, 3.63) is 0 Å². The largest absolute Gasteiger partial charge is 0.373 e. The second-order valence-electron chi connectivity index (χ2n) is 5.80. The number of carbonyl (C=O) groups is 1. The maximum atomic E-state index is 12.2. The Morgan fingerprint density at radius 3 is 2.71 bits per heavy atom. The first-order valence-electron chi connectivity index (χ1n) is 6.71. The lowest BCUT2D eigenvalue weighted by molar-refractivity contribution is -0.129. The zero-order valence-corrected chi connectivity index (χ0v) is 11.0. The molecule has 0 radical (unpaired) electrons. The summed E-state index contributed by atoms with van der Waals surface area (Å²) in [6.07, 6.45) is 5.37. The minimum Gasteiger partial charge on any atom is -0.373 e. The van der Waals surface area contributed by atoms with Gasteiger partial charge in [0, 0.05) is 13.2 Å². The molecule has 0 aromatic heterocycles. The molecule has 17 heavy (non-hydrogen) atoms. The summed E-state index contributed by atoms with van der Waals surface area (Å²) < 4.78 is 5.68. The van der Waals surface area contributed by atoms with Crippen LogP contribution in [0.3, 0.4) is 0 Å². The smallest absolute Gasteiger partial charge is 0.240 e. The summed E-state index contributed by atoms with van der Waals surface area (Å²) in [5.74, 6) is 0.119. The molecule has 0 aromatic carbocycles. The number of amides is 1. The van der Waals surface area contributed by atoms with E-state index in [1.807, 2.05) is 6.92 Å².